The molecule has 1 fully saturated rings. The SMILES string of the molecule is CCN1CCN(C(=O)c2cncc(C(=O)Nc3cccc(NC(C)=O)c3)c2)CC1. The van der Waals surface area contributed by atoms with Crippen LogP contribution in [0, 0.1) is 0 Å². The summed E-state index contributed by atoms with van der Waals surface area (Å²) in [5.41, 5.74) is 1.82. The van der Waals surface area contributed by atoms with Gasteiger partial charge < -0.3 is 20.4 Å². The van der Waals surface area contributed by atoms with Gasteiger partial charge in [0, 0.05) is 56.9 Å². The lowest BCUT2D eigenvalue weighted by Crippen LogP contribution is -2.48. The van der Waals surface area contributed by atoms with Crippen LogP contribution in [0.15, 0.2) is 42.7 Å². The van der Waals surface area contributed by atoms with Crippen molar-refractivity contribution in [3.05, 3.63) is 53.9 Å². The van der Waals surface area contributed by atoms with Gasteiger partial charge in [0.05, 0.1) is 11.1 Å². The molecule has 29 heavy (non-hydrogen) atoms. The lowest BCUT2D eigenvalue weighted by atomic mass is 10.1. The number of hydrogen-bond acceptors (Lipinski definition) is 5. The van der Waals surface area contributed by atoms with Crippen LogP contribution < -0.4 is 10.6 Å². The highest BCUT2D eigenvalue weighted by Crippen LogP contribution is 2.17. The van der Waals surface area contributed by atoms with E-state index in [1.807, 2.05) is 0 Å². The number of aromatic nitrogens is 1. The van der Waals surface area contributed by atoms with E-state index in [0.717, 1.165) is 19.6 Å². The molecule has 0 bridgehead atoms. The molecule has 0 saturated carbocycles. The minimum atomic E-state index is -0.372. The molecule has 0 unspecified atom stereocenters. The van der Waals surface area contributed by atoms with Gasteiger partial charge in [0.2, 0.25) is 5.91 Å². The van der Waals surface area contributed by atoms with Gasteiger partial charge in [0.25, 0.3) is 11.8 Å². The number of benzene rings is 1. The summed E-state index contributed by atoms with van der Waals surface area (Å²) >= 11 is 0. The van der Waals surface area contributed by atoms with Crippen LogP contribution in [0.25, 0.3) is 0 Å². The van der Waals surface area contributed by atoms with Crippen LogP contribution in [-0.4, -0.2) is 65.2 Å². The summed E-state index contributed by atoms with van der Waals surface area (Å²) < 4.78 is 0. The van der Waals surface area contributed by atoms with E-state index in [1.165, 1.54) is 19.3 Å². The Balaban J connectivity index is 1.68. The van der Waals surface area contributed by atoms with Crippen molar-refractivity contribution in [2.45, 2.75) is 13.8 Å². The number of likely N-dealkylation sites (N-methyl/N-ethyl adjacent to an activating group) is 1. The molecule has 2 heterocycles. The van der Waals surface area contributed by atoms with Gasteiger partial charge in [-0.15, -0.1) is 0 Å². The summed E-state index contributed by atoms with van der Waals surface area (Å²) in [4.78, 5) is 44.7. The maximum absolute atomic E-state index is 12.8. The fraction of sp³-hybridized carbons (Fsp3) is 0.333. The fourth-order valence-corrected chi connectivity index (χ4v) is 3.21. The zero-order valence-electron chi connectivity index (χ0n) is 16.6. The smallest absolute Gasteiger partial charge is 0.257 e. The maximum Gasteiger partial charge on any atom is 0.257 e. The standard InChI is InChI=1S/C21H25N5O3/c1-3-25-7-9-26(10-8-25)21(29)17-11-16(13-22-14-17)20(28)24-19-6-4-5-18(12-19)23-15(2)27/h4-6,11-14H,3,7-10H2,1-2H3,(H,23,27)(H,24,28). The third-order valence-corrected chi connectivity index (χ3v) is 4.79. The normalized spacial score (nSPS) is 14.3. The quantitative estimate of drug-likeness (QED) is 0.808. The van der Waals surface area contributed by atoms with Gasteiger partial charge in [-0.1, -0.05) is 13.0 Å². The first-order chi connectivity index (χ1) is 14.0. The van der Waals surface area contributed by atoms with Gasteiger partial charge in [-0.3, -0.25) is 19.4 Å². The lowest BCUT2D eigenvalue weighted by molar-refractivity contribution is -0.114. The molecule has 8 nitrogen and oxygen atoms in total. The molecular weight excluding hydrogens is 370 g/mol. The van der Waals surface area contributed by atoms with E-state index < -0.39 is 0 Å². The Hall–Kier alpha value is -3.26. The number of carbonyl (C=O) groups excluding carboxylic acids is 3. The van der Waals surface area contributed by atoms with Crippen molar-refractivity contribution in [2.75, 3.05) is 43.4 Å². The summed E-state index contributed by atoms with van der Waals surface area (Å²) in [6, 6.07) is 8.41. The molecule has 1 aliphatic rings. The first kappa shape index (κ1) is 20.5. The third-order valence-electron chi connectivity index (χ3n) is 4.79. The van der Waals surface area contributed by atoms with Gasteiger partial charge in [0.15, 0.2) is 0 Å². The number of rotatable bonds is 5. The average molecular weight is 395 g/mol. The van der Waals surface area contributed by atoms with E-state index in [2.05, 4.69) is 27.4 Å². The summed E-state index contributed by atoms with van der Waals surface area (Å²) in [5, 5.41) is 5.44. The molecule has 152 valence electrons. The Morgan fingerprint density at radius 1 is 0.966 bits per heavy atom. The molecular formula is C21H25N5O3. The Bertz CT molecular complexity index is 907. The van der Waals surface area contributed by atoms with Crippen molar-refractivity contribution in [3.8, 4) is 0 Å². The molecule has 1 saturated heterocycles. The van der Waals surface area contributed by atoms with Crippen molar-refractivity contribution >= 4 is 29.1 Å². The van der Waals surface area contributed by atoms with E-state index in [-0.39, 0.29) is 17.7 Å². The van der Waals surface area contributed by atoms with E-state index in [9.17, 15) is 14.4 Å². The van der Waals surface area contributed by atoms with Crippen molar-refractivity contribution < 1.29 is 14.4 Å². The molecule has 2 aromatic rings. The second-order valence-corrected chi connectivity index (χ2v) is 6.90. The van der Waals surface area contributed by atoms with E-state index in [4.69, 9.17) is 0 Å². The van der Waals surface area contributed by atoms with Crippen LogP contribution in [-0.2, 0) is 4.79 Å². The van der Waals surface area contributed by atoms with Gasteiger partial charge >= 0.3 is 0 Å². The Morgan fingerprint density at radius 3 is 2.28 bits per heavy atom. The number of piperazine rings is 1. The second-order valence-electron chi connectivity index (χ2n) is 6.90. The largest absolute Gasteiger partial charge is 0.336 e. The predicted molar refractivity (Wildman–Crippen MR) is 111 cm³/mol. The third kappa shape index (κ3) is 5.39. The maximum atomic E-state index is 12.8. The molecule has 2 N–H and O–H groups in total. The molecule has 3 amide bonds. The highest BCUT2D eigenvalue weighted by molar-refractivity contribution is 6.06. The first-order valence-corrected chi connectivity index (χ1v) is 9.62. The molecule has 0 radical (unpaired) electrons. The van der Waals surface area contributed by atoms with Crippen LogP contribution >= 0.6 is 0 Å². The van der Waals surface area contributed by atoms with E-state index >= 15 is 0 Å². The number of anilines is 2. The molecule has 0 spiro atoms. The van der Waals surface area contributed by atoms with Gasteiger partial charge in [-0.05, 0) is 30.8 Å². The Kier molecular flexibility index (Phi) is 6.56. The summed E-state index contributed by atoms with van der Waals surface area (Å²) in [7, 11) is 0. The van der Waals surface area contributed by atoms with Crippen LogP contribution in [0.1, 0.15) is 34.6 Å². The number of pyridine rings is 1. The van der Waals surface area contributed by atoms with Gasteiger partial charge in [-0.2, -0.15) is 0 Å². The Morgan fingerprint density at radius 2 is 1.62 bits per heavy atom. The van der Waals surface area contributed by atoms with E-state index in [0.29, 0.717) is 35.6 Å². The monoisotopic (exact) mass is 395 g/mol. The average Bonchev–Trinajstić information content (AvgIpc) is 2.73. The summed E-state index contributed by atoms with van der Waals surface area (Å²) in [5.74, 6) is -0.679. The fourth-order valence-electron chi connectivity index (χ4n) is 3.21. The molecule has 0 atom stereocenters. The van der Waals surface area contributed by atoms with E-state index in [1.54, 1.807) is 35.2 Å². The highest BCUT2D eigenvalue weighted by atomic mass is 16.2. The Labute approximate surface area is 169 Å². The minimum Gasteiger partial charge on any atom is -0.336 e. The number of nitrogens with one attached hydrogen (secondary N) is 2. The summed E-state index contributed by atoms with van der Waals surface area (Å²) in [6.07, 6.45) is 2.92. The molecule has 3 rings (SSSR count). The van der Waals surface area contributed by atoms with Crippen molar-refractivity contribution in [3.63, 3.8) is 0 Å². The zero-order chi connectivity index (χ0) is 20.8. The van der Waals surface area contributed by atoms with Gasteiger partial charge in [-0.25, -0.2) is 0 Å². The number of amides is 3. The summed E-state index contributed by atoms with van der Waals surface area (Å²) in [6.45, 7) is 7.53. The highest BCUT2D eigenvalue weighted by Gasteiger charge is 2.22. The van der Waals surface area contributed by atoms with Crippen LogP contribution in [0.2, 0.25) is 0 Å². The lowest BCUT2D eigenvalue weighted by Gasteiger charge is -2.34. The number of hydrogen-bond donors (Lipinski definition) is 2. The molecule has 8 heteroatoms. The topological polar surface area (TPSA) is 94.6 Å². The number of carbonyl (C=O) groups is 3. The first-order valence-electron chi connectivity index (χ1n) is 9.62. The van der Waals surface area contributed by atoms with Crippen LogP contribution in [0.5, 0.6) is 0 Å². The molecule has 1 aromatic heterocycles. The molecule has 0 aliphatic carbocycles. The van der Waals surface area contributed by atoms with Gasteiger partial charge in [0.1, 0.15) is 0 Å². The minimum absolute atomic E-state index is 0.115. The molecule has 1 aliphatic heterocycles. The predicted octanol–water partition coefficient (Wildman–Crippen LogP) is 2.07. The zero-order valence-corrected chi connectivity index (χ0v) is 16.6. The van der Waals surface area contributed by atoms with Crippen molar-refractivity contribution in [2.24, 2.45) is 0 Å². The molecule has 1 aromatic carbocycles. The van der Waals surface area contributed by atoms with Crippen LogP contribution in [0.3, 0.4) is 0 Å². The second kappa shape index (κ2) is 9.29. The van der Waals surface area contributed by atoms with Crippen molar-refractivity contribution in [1.82, 2.24) is 14.8 Å². The van der Waals surface area contributed by atoms with Crippen LogP contribution in [0.4, 0.5) is 11.4 Å². The number of nitrogens with zero attached hydrogens (tertiary/aromatic N) is 3. The van der Waals surface area contributed by atoms with Crippen molar-refractivity contribution in [1.29, 1.82) is 0 Å².